The fourth-order valence-corrected chi connectivity index (χ4v) is 3.32. The molecule has 3 aromatic carbocycles. The van der Waals surface area contributed by atoms with Crippen LogP contribution >= 0.6 is 0 Å². The number of hydrogen-bond donors (Lipinski definition) is 1. The number of carbonyl (C=O) groups excluding carboxylic acids is 1. The monoisotopic (exact) mass is 391 g/mol. The van der Waals surface area contributed by atoms with E-state index in [4.69, 9.17) is 0 Å². The second kappa shape index (κ2) is 7.60. The maximum atomic E-state index is 13.0. The van der Waals surface area contributed by atoms with Crippen molar-refractivity contribution in [2.75, 3.05) is 5.32 Å². The lowest BCUT2D eigenvalue weighted by Gasteiger charge is -2.06. The van der Waals surface area contributed by atoms with Gasteiger partial charge in [-0.25, -0.2) is 9.67 Å². The van der Waals surface area contributed by atoms with Crippen LogP contribution in [0.1, 0.15) is 10.6 Å². The lowest BCUT2D eigenvalue weighted by atomic mass is 10.2. The quantitative estimate of drug-likeness (QED) is 0.480. The van der Waals surface area contributed by atoms with E-state index in [1.807, 2.05) is 91.0 Å². The van der Waals surface area contributed by atoms with Crippen molar-refractivity contribution in [1.29, 1.82) is 0 Å². The van der Waals surface area contributed by atoms with Crippen LogP contribution in [0.4, 0.5) is 5.69 Å². The number of rotatable bonds is 4. The van der Waals surface area contributed by atoms with Gasteiger partial charge < -0.3 is 5.32 Å². The Labute approximate surface area is 172 Å². The fourth-order valence-electron chi connectivity index (χ4n) is 3.32. The Balaban J connectivity index is 1.56. The van der Waals surface area contributed by atoms with Crippen molar-refractivity contribution in [3.05, 3.63) is 103 Å². The number of anilines is 1. The average molecular weight is 391 g/mol. The number of para-hydroxylation sites is 1. The van der Waals surface area contributed by atoms with Gasteiger partial charge in [-0.15, -0.1) is 5.10 Å². The Hall–Kier alpha value is -4.32. The number of pyridine rings is 1. The normalized spacial score (nSPS) is 10.8. The van der Waals surface area contributed by atoms with Gasteiger partial charge in [-0.2, -0.15) is 0 Å². The van der Waals surface area contributed by atoms with Crippen molar-refractivity contribution in [2.45, 2.75) is 0 Å². The first-order chi connectivity index (χ1) is 14.8. The molecule has 0 saturated carbocycles. The molecule has 0 aliphatic carbocycles. The number of benzene rings is 3. The van der Waals surface area contributed by atoms with E-state index in [9.17, 15) is 4.79 Å². The highest BCUT2D eigenvalue weighted by atomic mass is 16.2. The highest BCUT2D eigenvalue weighted by molar-refractivity contribution is 6.07. The van der Waals surface area contributed by atoms with Crippen LogP contribution in [0.5, 0.6) is 0 Å². The summed E-state index contributed by atoms with van der Waals surface area (Å²) < 4.78 is 1.69. The highest BCUT2D eigenvalue weighted by Gasteiger charge is 2.19. The van der Waals surface area contributed by atoms with E-state index in [0.29, 0.717) is 11.5 Å². The van der Waals surface area contributed by atoms with Crippen LogP contribution in [-0.2, 0) is 0 Å². The molecule has 6 nitrogen and oxygen atoms in total. The Morgan fingerprint density at radius 1 is 0.800 bits per heavy atom. The van der Waals surface area contributed by atoms with E-state index < -0.39 is 0 Å². The molecule has 5 rings (SSSR count). The molecule has 30 heavy (non-hydrogen) atoms. The lowest BCUT2D eigenvalue weighted by molar-refractivity contribution is 0.101. The second-order valence-corrected chi connectivity index (χ2v) is 6.70. The number of amides is 1. The van der Waals surface area contributed by atoms with E-state index >= 15 is 0 Å². The maximum absolute atomic E-state index is 13.0. The van der Waals surface area contributed by atoms with Gasteiger partial charge in [0.05, 0.1) is 16.9 Å². The molecule has 1 amide bonds. The minimum Gasteiger partial charge on any atom is -0.319 e. The Bertz CT molecular complexity index is 1270. The molecule has 2 heterocycles. The van der Waals surface area contributed by atoms with Gasteiger partial charge in [0.15, 0.2) is 5.82 Å². The molecular formula is C24H17N5O. The first-order valence-corrected chi connectivity index (χ1v) is 9.52. The highest BCUT2D eigenvalue weighted by Crippen LogP contribution is 2.24. The van der Waals surface area contributed by atoms with Gasteiger partial charge in [-0.3, -0.25) is 9.78 Å². The molecule has 0 atom stereocenters. The summed E-state index contributed by atoms with van der Waals surface area (Å²) in [5.41, 5.74) is 3.19. The van der Waals surface area contributed by atoms with Crippen LogP contribution in [0.3, 0.4) is 0 Å². The summed E-state index contributed by atoms with van der Waals surface area (Å²) in [6.07, 6.45) is 1.73. The standard InChI is InChI=1S/C24H17N5O/c30-24(26-21-15-7-14-20-19(21)13-8-16-25-20)22-27-23(17-9-3-1-4-10-17)29(28-22)18-11-5-2-6-12-18/h1-16H,(H,26,30). The third kappa shape index (κ3) is 3.31. The van der Waals surface area contributed by atoms with Crippen LogP contribution in [0.15, 0.2) is 97.2 Å². The van der Waals surface area contributed by atoms with E-state index in [-0.39, 0.29) is 11.7 Å². The van der Waals surface area contributed by atoms with Gasteiger partial charge >= 0.3 is 0 Å². The van der Waals surface area contributed by atoms with Crippen molar-refractivity contribution in [3.63, 3.8) is 0 Å². The summed E-state index contributed by atoms with van der Waals surface area (Å²) in [6.45, 7) is 0. The molecule has 2 aromatic heterocycles. The zero-order valence-corrected chi connectivity index (χ0v) is 15.9. The fraction of sp³-hybridized carbons (Fsp3) is 0. The molecule has 0 aliphatic heterocycles. The first-order valence-electron chi connectivity index (χ1n) is 9.52. The van der Waals surface area contributed by atoms with Crippen LogP contribution < -0.4 is 5.32 Å². The summed E-state index contributed by atoms with van der Waals surface area (Å²) in [5, 5.41) is 8.30. The van der Waals surface area contributed by atoms with Crippen LogP contribution in [0.25, 0.3) is 28.0 Å². The van der Waals surface area contributed by atoms with Crippen LogP contribution in [0.2, 0.25) is 0 Å². The Morgan fingerprint density at radius 2 is 1.57 bits per heavy atom. The summed E-state index contributed by atoms with van der Waals surface area (Å²) in [5.74, 6) is 0.323. The van der Waals surface area contributed by atoms with Crippen LogP contribution in [0, 0.1) is 0 Å². The molecule has 6 heteroatoms. The zero-order valence-electron chi connectivity index (χ0n) is 15.9. The molecule has 5 aromatic rings. The largest absolute Gasteiger partial charge is 0.319 e. The molecule has 0 spiro atoms. The van der Waals surface area contributed by atoms with E-state index in [1.165, 1.54) is 0 Å². The summed E-state index contributed by atoms with van der Waals surface area (Å²) in [4.78, 5) is 21.9. The topological polar surface area (TPSA) is 72.7 Å². The molecule has 0 unspecified atom stereocenters. The summed E-state index contributed by atoms with van der Waals surface area (Å²) >= 11 is 0. The van der Waals surface area contributed by atoms with E-state index in [1.54, 1.807) is 10.9 Å². The smallest absolute Gasteiger partial charge is 0.295 e. The number of aromatic nitrogens is 4. The van der Waals surface area contributed by atoms with Gasteiger partial charge in [0.1, 0.15) is 0 Å². The van der Waals surface area contributed by atoms with Gasteiger partial charge in [-0.1, -0.05) is 54.6 Å². The van der Waals surface area contributed by atoms with Crippen molar-refractivity contribution in [2.24, 2.45) is 0 Å². The number of hydrogen-bond acceptors (Lipinski definition) is 4. The summed E-state index contributed by atoms with van der Waals surface area (Å²) in [7, 11) is 0. The molecule has 1 N–H and O–H groups in total. The number of fused-ring (bicyclic) bond motifs is 1. The first kappa shape index (κ1) is 17.8. The average Bonchev–Trinajstić information content (AvgIpc) is 3.26. The number of nitrogens with zero attached hydrogens (tertiary/aromatic N) is 4. The van der Waals surface area contributed by atoms with Gasteiger partial charge in [0.25, 0.3) is 5.91 Å². The lowest BCUT2D eigenvalue weighted by Crippen LogP contribution is -2.14. The SMILES string of the molecule is O=C(Nc1cccc2ncccc12)c1nc(-c2ccccc2)n(-c2ccccc2)n1. The van der Waals surface area contributed by atoms with Crippen molar-refractivity contribution in [1.82, 2.24) is 19.7 Å². The van der Waals surface area contributed by atoms with Crippen molar-refractivity contribution < 1.29 is 4.79 Å². The predicted molar refractivity (Wildman–Crippen MR) is 116 cm³/mol. The molecule has 0 radical (unpaired) electrons. The molecule has 144 valence electrons. The summed E-state index contributed by atoms with van der Waals surface area (Å²) in [6, 6.07) is 28.7. The van der Waals surface area contributed by atoms with E-state index in [2.05, 4.69) is 20.4 Å². The van der Waals surface area contributed by atoms with E-state index in [0.717, 1.165) is 22.2 Å². The third-order valence-electron chi connectivity index (χ3n) is 4.74. The van der Waals surface area contributed by atoms with Crippen molar-refractivity contribution >= 4 is 22.5 Å². The van der Waals surface area contributed by atoms with Gasteiger partial charge in [0, 0.05) is 17.1 Å². The third-order valence-corrected chi connectivity index (χ3v) is 4.74. The molecule has 0 fully saturated rings. The molecule has 0 aliphatic rings. The minimum absolute atomic E-state index is 0.0959. The van der Waals surface area contributed by atoms with Gasteiger partial charge in [-0.05, 0) is 36.4 Å². The molecule has 0 saturated heterocycles. The predicted octanol–water partition coefficient (Wildman–Crippen LogP) is 4.73. The number of nitrogens with one attached hydrogen (secondary N) is 1. The Kier molecular flexibility index (Phi) is 4.50. The zero-order chi connectivity index (χ0) is 20.3. The van der Waals surface area contributed by atoms with Crippen LogP contribution in [-0.4, -0.2) is 25.7 Å². The number of carbonyl (C=O) groups is 1. The minimum atomic E-state index is -0.377. The molecule has 0 bridgehead atoms. The van der Waals surface area contributed by atoms with Gasteiger partial charge in [0.2, 0.25) is 5.82 Å². The maximum Gasteiger partial charge on any atom is 0.295 e. The molecular weight excluding hydrogens is 374 g/mol. The Morgan fingerprint density at radius 3 is 2.37 bits per heavy atom. The second-order valence-electron chi connectivity index (χ2n) is 6.70. The van der Waals surface area contributed by atoms with Crippen molar-refractivity contribution in [3.8, 4) is 17.1 Å².